The van der Waals surface area contributed by atoms with Crippen molar-refractivity contribution in [2.24, 2.45) is 0 Å². The molecule has 8 heteroatoms. The zero-order valence-electron chi connectivity index (χ0n) is 17.1. The molecule has 0 spiro atoms. The molecule has 2 heterocycles. The molecule has 30 heavy (non-hydrogen) atoms. The van der Waals surface area contributed by atoms with Crippen LogP contribution in [-0.2, 0) is 9.59 Å². The molecule has 1 saturated heterocycles. The Morgan fingerprint density at radius 3 is 2.50 bits per heavy atom. The van der Waals surface area contributed by atoms with Crippen LogP contribution in [0, 0.1) is 0 Å². The van der Waals surface area contributed by atoms with E-state index in [0.29, 0.717) is 25.0 Å². The molecular formula is C22H29N5O3. The summed E-state index contributed by atoms with van der Waals surface area (Å²) >= 11 is 0. The minimum absolute atomic E-state index is 0.0955. The van der Waals surface area contributed by atoms with Crippen molar-refractivity contribution >= 4 is 22.5 Å². The number of piperazine rings is 1. The number of benzene rings is 1. The number of aromatic amines is 1. The second-order valence-electron chi connectivity index (χ2n) is 8.05. The van der Waals surface area contributed by atoms with Crippen LogP contribution in [0.2, 0.25) is 0 Å². The lowest BCUT2D eigenvalue weighted by Gasteiger charge is -2.34. The van der Waals surface area contributed by atoms with Crippen LogP contribution in [0.25, 0.3) is 10.9 Å². The van der Waals surface area contributed by atoms with Gasteiger partial charge in [-0.1, -0.05) is 12.1 Å². The first-order valence-corrected chi connectivity index (χ1v) is 10.6. The van der Waals surface area contributed by atoms with E-state index in [-0.39, 0.29) is 24.1 Å². The van der Waals surface area contributed by atoms with Gasteiger partial charge in [-0.25, -0.2) is 0 Å². The van der Waals surface area contributed by atoms with Crippen molar-refractivity contribution in [3.05, 3.63) is 41.7 Å². The summed E-state index contributed by atoms with van der Waals surface area (Å²) in [5, 5.41) is 20.2. The number of nitrogens with one attached hydrogen (secondary N) is 2. The molecule has 1 aromatic heterocycles. The van der Waals surface area contributed by atoms with Crippen molar-refractivity contribution in [1.82, 2.24) is 25.3 Å². The zero-order valence-corrected chi connectivity index (χ0v) is 17.1. The van der Waals surface area contributed by atoms with Crippen molar-refractivity contribution in [2.75, 3.05) is 52.4 Å². The number of Topliss-reactive ketones (excluding diaryl/α,β-unsaturated/α-hetero) is 2. The SMILES string of the molecule is O=C1CC(c2cccc3[nH]ncc23)CC(=O)C1=CNCCN1CCN(CCO)CC1. The van der Waals surface area contributed by atoms with Crippen molar-refractivity contribution in [3.63, 3.8) is 0 Å². The molecule has 0 atom stereocenters. The number of aliphatic hydroxyl groups is 1. The van der Waals surface area contributed by atoms with Gasteiger partial charge < -0.3 is 10.4 Å². The summed E-state index contributed by atoms with van der Waals surface area (Å²) < 4.78 is 0. The number of aliphatic hydroxyl groups excluding tert-OH is 1. The van der Waals surface area contributed by atoms with E-state index in [1.165, 1.54) is 0 Å². The maximum absolute atomic E-state index is 12.7. The van der Waals surface area contributed by atoms with Crippen LogP contribution in [-0.4, -0.2) is 89.1 Å². The largest absolute Gasteiger partial charge is 0.395 e. The molecule has 1 aromatic carbocycles. The number of rotatable bonds is 7. The lowest BCUT2D eigenvalue weighted by Crippen LogP contribution is -2.48. The van der Waals surface area contributed by atoms with Crippen LogP contribution >= 0.6 is 0 Å². The quantitative estimate of drug-likeness (QED) is 0.350. The Morgan fingerprint density at radius 1 is 1.10 bits per heavy atom. The van der Waals surface area contributed by atoms with Crippen LogP contribution in [0.5, 0.6) is 0 Å². The van der Waals surface area contributed by atoms with Gasteiger partial charge in [0.2, 0.25) is 0 Å². The van der Waals surface area contributed by atoms with Gasteiger partial charge in [0.15, 0.2) is 11.6 Å². The summed E-state index contributed by atoms with van der Waals surface area (Å²) in [5.74, 6) is -0.289. The van der Waals surface area contributed by atoms with E-state index < -0.39 is 0 Å². The number of ketones is 2. The lowest BCUT2D eigenvalue weighted by atomic mass is 9.79. The van der Waals surface area contributed by atoms with Gasteiger partial charge in [-0.05, 0) is 17.5 Å². The molecule has 0 bridgehead atoms. The number of carbonyl (C=O) groups is 2. The molecule has 0 amide bonds. The molecule has 2 aliphatic rings. The highest BCUT2D eigenvalue weighted by molar-refractivity contribution is 6.22. The van der Waals surface area contributed by atoms with E-state index in [2.05, 4.69) is 25.3 Å². The van der Waals surface area contributed by atoms with Gasteiger partial charge in [-0.3, -0.25) is 24.5 Å². The van der Waals surface area contributed by atoms with Crippen molar-refractivity contribution in [3.8, 4) is 0 Å². The number of hydrogen-bond acceptors (Lipinski definition) is 7. The van der Waals surface area contributed by atoms with Gasteiger partial charge in [0.25, 0.3) is 0 Å². The Kier molecular flexibility index (Phi) is 6.56. The molecule has 0 radical (unpaired) electrons. The molecule has 160 valence electrons. The Morgan fingerprint density at radius 2 is 1.80 bits per heavy atom. The Labute approximate surface area is 175 Å². The predicted octanol–water partition coefficient (Wildman–Crippen LogP) is 0.662. The Balaban J connectivity index is 1.29. The number of allylic oxidation sites excluding steroid dienone is 1. The monoisotopic (exact) mass is 411 g/mol. The third-order valence-electron chi connectivity index (χ3n) is 6.12. The number of fused-ring (bicyclic) bond motifs is 1. The highest BCUT2D eigenvalue weighted by Crippen LogP contribution is 2.34. The van der Waals surface area contributed by atoms with Crippen LogP contribution in [0.4, 0.5) is 0 Å². The van der Waals surface area contributed by atoms with Gasteiger partial charge >= 0.3 is 0 Å². The van der Waals surface area contributed by atoms with E-state index in [1.54, 1.807) is 12.4 Å². The topological polar surface area (TPSA) is 102 Å². The minimum Gasteiger partial charge on any atom is -0.395 e. The minimum atomic E-state index is -0.0985. The average molecular weight is 412 g/mol. The third kappa shape index (κ3) is 4.61. The molecule has 2 fully saturated rings. The van der Waals surface area contributed by atoms with Crippen molar-refractivity contribution < 1.29 is 14.7 Å². The van der Waals surface area contributed by atoms with Crippen LogP contribution in [0.3, 0.4) is 0 Å². The highest BCUT2D eigenvalue weighted by atomic mass is 16.3. The molecule has 3 N–H and O–H groups in total. The summed E-state index contributed by atoms with van der Waals surface area (Å²) in [6.07, 6.45) is 4.06. The summed E-state index contributed by atoms with van der Waals surface area (Å²) in [4.78, 5) is 29.9. The van der Waals surface area contributed by atoms with E-state index in [4.69, 9.17) is 5.11 Å². The van der Waals surface area contributed by atoms with Crippen molar-refractivity contribution in [1.29, 1.82) is 0 Å². The summed E-state index contributed by atoms with van der Waals surface area (Å²) in [5.41, 5.74) is 2.22. The van der Waals surface area contributed by atoms with Crippen molar-refractivity contribution in [2.45, 2.75) is 18.8 Å². The summed E-state index contributed by atoms with van der Waals surface area (Å²) in [6.45, 7) is 6.36. The maximum atomic E-state index is 12.7. The number of aromatic nitrogens is 2. The number of hydrogen-bond donors (Lipinski definition) is 3. The Hall–Kier alpha value is -2.55. The molecule has 0 unspecified atom stereocenters. The number of carbonyl (C=O) groups excluding carboxylic acids is 2. The first-order chi connectivity index (χ1) is 14.7. The standard InChI is InChI=1S/C22H29N5O3/c28-11-10-27-8-6-26(7-9-27)5-4-23-14-19-21(29)12-16(13-22(19)30)17-2-1-3-20-18(17)15-24-25-20/h1-3,14-16,23,28H,4-13H2,(H,24,25). The maximum Gasteiger partial charge on any atom is 0.168 e. The average Bonchev–Trinajstić information content (AvgIpc) is 3.23. The number of β-amino-alcohol motifs (C(OH)–C–C–N with tert-alkyl or cyclic N) is 1. The van der Waals surface area contributed by atoms with Gasteiger partial charge in [0.1, 0.15) is 0 Å². The molecule has 1 aliphatic heterocycles. The van der Waals surface area contributed by atoms with Gasteiger partial charge in [-0.15, -0.1) is 0 Å². The van der Waals surface area contributed by atoms with E-state index in [1.807, 2.05) is 18.2 Å². The molecule has 1 saturated carbocycles. The summed E-state index contributed by atoms with van der Waals surface area (Å²) in [7, 11) is 0. The first-order valence-electron chi connectivity index (χ1n) is 10.6. The summed E-state index contributed by atoms with van der Waals surface area (Å²) in [6, 6.07) is 5.86. The normalized spacial score (nSPS) is 21.4. The Bertz CT molecular complexity index is 910. The zero-order chi connectivity index (χ0) is 20.9. The fourth-order valence-electron chi connectivity index (χ4n) is 4.40. The molecule has 4 rings (SSSR count). The van der Waals surface area contributed by atoms with Gasteiger partial charge in [-0.2, -0.15) is 5.10 Å². The fourth-order valence-corrected chi connectivity index (χ4v) is 4.40. The number of nitrogens with zero attached hydrogens (tertiary/aromatic N) is 3. The number of H-pyrrole nitrogens is 1. The highest BCUT2D eigenvalue weighted by Gasteiger charge is 2.32. The smallest absolute Gasteiger partial charge is 0.168 e. The van der Waals surface area contributed by atoms with E-state index in [9.17, 15) is 9.59 Å². The first kappa shape index (κ1) is 20.7. The van der Waals surface area contributed by atoms with Gasteiger partial charge in [0.05, 0.1) is 23.9 Å². The lowest BCUT2D eigenvalue weighted by molar-refractivity contribution is -0.124. The second kappa shape index (κ2) is 9.51. The molecular weight excluding hydrogens is 382 g/mol. The third-order valence-corrected chi connectivity index (χ3v) is 6.12. The molecule has 2 aromatic rings. The van der Waals surface area contributed by atoms with E-state index in [0.717, 1.165) is 55.7 Å². The fraction of sp³-hybridized carbons (Fsp3) is 0.500. The second-order valence-corrected chi connectivity index (χ2v) is 8.05. The van der Waals surface area contributed by atoms with Gasteiger partial charge in [0, 0.05) is 70.2 Å². The van der Waals surface area contributed by atoms with E-state index >= 15 is 0 Å². The van der Waals surface area contributed by atoms with Crippen LogP contribution < -0.4 is 5.32 Å². The molecule has 8 nitrogen and oxygen atoms in total. The molecule has 1 aliphatic carbocycles. The van der Waals surface area contributed by atoms with Crippen LogP contribution in [0.1, 0.15) is 24.3 Å². The predicted molar refractivity (Wildman–Crippen MR) is 114 cm³/mol. The van der Waals surface area contributed by atoms with Crippen LogP contribution in [0.15, 0.2) is 36.2 Å².